The van der Waals surface area contributed by atoms with Crippen molar-refractivity contribution < 1.29 is 5.11 Å². The first kappa shape index (κ1) is 10.8. The summed E-state index contributed by atoms with van der Waals surface area (Å²) < 4.78 is 1.73. The summed E-state index contributed by atoms with van der Waals surface area (Å²) in [6, 6.07) is 5.71. The predicted molar refractivity (Wildman–Crippen MR) is 60.8 cm³/mol. The van der Waals surface area contributed by atoms with Crippen molar-refractivity contribution >= 4 is 0 Å². The third-order valence-electron chi connectivity index (χ3n) is 2.45. The van der Waals surface area contributed by atoms with Crippen LogP contribution in [0.2, 0.25) is 0 Å². The topological polar surface area (TPSA) is 50.9 Å². The predicted octanol–water partition coefficient (Wildman–Crippen LogP) is 1.40. The Labute approximate surface area is 94.6 Å². The molecule has 0 spiro atoms. The molecule has 1 atom stereocenters. The Morgan fingerprint density at radius 3 is 2.88 bits per heavy atom. The molecule has 4 heteroatoms. The quantitative estimate of drug-likeness (QED) is 0.845. The Bertz CT molecular complexity index is 479. The SMILES string of the molecule is Cc1ccnc(C(O)Cc2ccn(C)n2)c1. The zero-order valence-corrected chi connectivity index (χ0v) is 9.46. The van der Waals surface area contributed by atoms with E-state index in [4.69, 9.17) is 0 Å². The van der Waals surface area contributed by atoms with E-state index >= 15 is 0 Å². The van der Waals surface area contributed by atoms with E-state index in [9.17, 15) is 5.11 Å². The molecule has 0 aliphatic carbocycles. The van der Waals surface area contributed by atoms with Crippen molar-refractivity contribution in [3.63, 3.8) is 0 Å². The van der Waals surface area contributed by atoms with Crippen LogP contribution in [0, 0.1) is 6.92 Å². The lowest BCUT2D eigenvalue weighted by Gasteiger charge is -2.08. The first-order chi connectivity index (χ1) is 7.65. The molecule has 2 aromatic heterocycles. The number of pyridine rings is 1. The molecule has 2 rings (SSSR count). The minimum Gasteiger partial charge on any atom is -0.386 e. The Hall–Kier alpha value is -1.68. The van der Waals surface area contributed by atoms with Gasteiger partial charge >= 0.3 is 0 Å². The fourth-order valence-corrected chi connectivity index (χ4v) is 1.62. The molecule has 2 aromatic rings. The molecule has 0 bridgehead atoms. The van der Waals surface area contributed by atoms with E-state index in [1.54, 1.807) is 10.9 Å². The highest BCUT2D eigenvalue weighted by atomic mass is 16.3. The van der Waals surface area contributed by atoms with Crippen molar-refractivity contribution in [1.82, 2.24) is 14.8 Å². The van der Waals surface area contributed by atoms with E-state index in [2.05, 4.69) is 10.1 Å². The zero-order chi connectivity index (χ0) is 11.5. The molecule has 0 fully saturated rings. The Morgan fingerprint density at radius 1 is 1.44 bits per heavy atom. The van der Waals surface area contributed by atoms with E-state index in [0.717, 1.165) is 11.3 Å². The maximum atomic E-state index is 10.00. The van der Waals surface area contributed by atoms with Crippen molar-refractivity contribution in [1.29, 1.82) is 0 Å². The average molecular weight is 217 g/mol. The molecule has 4 nitrogen and oxygen atoms in total. The molecule has 84 valence electrons. The van der Waals surface area contributed by atoms with Gasteiger partial charge in [0.1, 0.15) is 6.10 Å². The number of aryl methyl sites for hydroxylation is 2. The number of aliphatic hydroxyl groups is 1. The third-order valence-corrected chi connectivity index (χ3v) is 2.45. The molecule has 2 heterocycles. The van der Waals surface area contributed by atoms with Crippen LogP contribution in [0.1, 0.15) is 23.1 Å². The van der Waals surface area contributed by atoms with Crippen LogP contribution in [0.4, 0.5) is 0 Å². The van der Waals surface area contributed by atoms with Crippen LogP contribution in [0.5, 0.6) is 0 Å². The van der Waals surface area contributed by atoms with Gasteiger partial charge in [-0.2, -0.15) is 5.10 Å². The summed E-state index contributed by atoms with van der Waals surface area (Å²) in [7, 11) is 1.86. The van der Waals surface area contributed by atoms with Gasteiger partial charge in [-0.05, 0) is 30.7 Å². The van der Waals surface area contributed by atoms with E-state index in [1.807, 2.05) is 38.4 Å². The van der Waals surface area contributed by atoms with Crippen LogP contribution >= 0.6 is 0 Å². The Kier molecular flexibility index (Phi) is 3.01. The second kappa shape index (κ2) is 4.45. The summed E-state index contributed by atoms with van der Waals surface area (Å²) in [6.45, 7) is 1.98. The lowest BCUT2D eigenvalue weighted by atomic mass is 10.1. The summed E-state index contributed by atoms with van der Waals surface area (Å²) in [4.78, 5) is 4.16. The van der Waals surface area contributed by atoms with Gasteiger partial charge in [-0.1, -0.05) is 0 Å². The van der Waals surface area contributed by atoms with Gasteiger partial charge < -0.3 is 5.11 Å². The molecule has 0 aromatic carbocycles. The molecular formula is C12H15N3O. The molecule has 0 saturated heterocycles. The fraction of sp³-hybridized carbons (Fsp3) is 0.333. The maximum absolute atomic E-state index is 10.00. The van der Waals surface area contributed by atoms with Gasteiger partial charge in [-0.15, -0.1) is 0 Å². The van der Waals surface area contributed by atoms with Gasteiger partial charge in [0.25, 0.3) is 0 Å². The highest BCUT2D eigenvalue weighted by molar-refractivity contribution is 5.17. The second-order valence-electron chi connectivity index (χ2n) is 3.96. The molecule has 1 unspecified atom stereocenters. The van der Waals surface area contributed by atoms with Crippen molar-refractivity contribution in [3.05, 3.63) is 47.5 Å². The maximum Gasteiger partial charge on any atom is 0.102 e. The van der Waals surface area contributed by atoms with Gasteiger partial charge in [0, 0.05) is 25.9 Å². The van der Waals surface area contributed by atoms with Crippen molar-refractivity contribution in [2.24, 2.45) is 7.05 Å². The van der Waals surface area contributed by atoms with Gasteiger partial charge in [0.15, 0.2) is 0 Å². The largest absolute Gasteiger partial charge is 0.386 e. The van der Waals surface area contributed by atoms with Crippen LogP contribution in [0.25, 0.3) is 0 Å². The van der Waals surface area contributed by atoms with Crippen molar-refractivity contribution in [2.75, 3.05) is 0 Å². The molecule has 0 radical (unpaired) electrons. The summed E-state index contributed by atoms with van der Waals surface area (Å²) in [5, 5.41) is 14.2. The van der Waals surface area contributed by atoms with Crippen molar-refractivity contribution in [2.45, 2.75) is 19.4 Å². The van der Waals surface area contributed by atoms with E-state index in [0.29, 0.717) is 12.1 Å². The average Bonchev–Trinajstić information content (AvgIpc) is 2.64. The first-order valence-corrected chi connectivity index (χ1v) is 5.24. The normalized spacial score (nSPS) is 12.7. The molecular weight excluding hydrogens is 202 g/mol. The lowest BCUT2D eigenvalue weighted by Crippen LogP contribution is -2.05. The molecule has 0 aliphatic rings. The van der Waals surface area contributed by atoms with Crippen LogP contribution in [-0.2, 0) is 13.5 Å². The van der Waals surface area contributed by atoms with Crippen LogP contribution in [-0.4, -0.2) is 19.9 Å². The molecule has 0 saturated carbocycles. The summed E-state index contributed by atoms with van der Waals surface area (Å²) in [5.41, 5.74) is 2.68. The summed E-state index contributed by atoms with van der Waals surface area (Å²) >= 11 is 0. The number of rotatable bonds is 3. The smallest absolute Gasteiger partial charge is 0.102 e. The Balaban J connectivity index is 2.11. The van der Waals surface area contributed by atoms with Gasteiger partial charge in [0.2, 0.25) is 0 Å². The first-order valence-electron chi connectivity index (χ1n) is 5.24. The second-order valence-corrected chi connectivity index (χ2v) is 3.96. The number of hydrogen-bond acceptors (Lipinski definition) is 3. The number of aliphatic hydroxyl groups excluding tert-OH is 1. The van der Waals surface area contributed by atoms with E-state index < -0.39 is 6.10 Å². The van der Waals surface area contributed by atoms with Gasteiger partial charge in [-0.25, -0.2) is 0 Å². The van der Waals surface area contributed by atoms with E-state index in [-0.39, 0.29) is 0 Å². The highest BCUT2D eigenvalue weighted by Gasteiger charge is 2.11. The van der Waals surface area contributed by atoms with Crippen LogP contribution in [0.15, 0.2) is 30.6 Å². The lowest BCUT2D eigenvalue weighted by molar-refractivity contribution is 0.172. The fourth-order valence-electron chi connectivity index (χ4n) is 1.62. The van der Waals surface area contributed by atoms with Crippen LogP contribution < -0.4 is 0 Å². The standard InChI is InChI=1S/C12H15N3O/c1-9-3-5-13-11(7-9)12(16)8-10-4-6-15(2)14-10/h3-7,12,16H,8H2,1-2H3. The highest BCUT2D eigenvalue weighted by Crippen LogP contribution is 2.15. The van der Waals surface area contributed by atoms with Gasteiger partial charge in [0.05, 0.1) is 11.4 Å². The summed E-state index contributed by atoms with van der Waals surface area (Å²) in [6.07, 6.45) is 3.49. The van der Waals surface area contributed by atoms with E-state index in [1.165, 1.54) is 0 Å². The molecule has 0 aliphatic heterocycles. The zero-order valence-electron chi connectivity index (χ0n) is 9.46. The molecule has 1 N–H and O–H groups in total. The third kappa shape index (κ3) is 2.46. The molecule has 0 amide bonds. The number of hydrogen-bond donors (Lipinski definition) is 1. The molecule has 16 heavy (non-hydrogen) atoms. The Morgan fingerprint density at radius 2 is 2.25 bits per heavy atom. The minimum atomic E-state index is -0.588. The monoisotopic (exact) mass is 217 g/mol. The minimum absolute atomic E-state index is 0.497. The summed E-state index contributed by atoms with van der Waals surface area (Å²) in [5.74, 6) is 0. The van der Waals surface area contributed by atoms with Crippen molar-refractivity contribution in [3.8, 4) is 0 Å². The van der Waals surface area contributed by atoms with Gasteiger partial charge in [-0.3, -0.25) is 9.67 Å². The van der Waals surface area contributed by atoms with Crippen LogP contribution in [0.3, 0.4) is 0 Å². The number of nitrogens with zero attached hydrogens (tertiary/aromatic N) is 3. The number of aromatic nitrogens is 3.